The number of rotatable bonds is 3. The molecular weight excluding hydrogens is 352 g/mol. The first kappa shape index (κ1) is 16.9. The first-order chi connectivity index (χ1) is 12.5. The Kier molecular flexibility index (Phi) is 4.29. The van der Waals surface area contributed by atoms with E-state index in [9.17, 15) is 14.4 Å². The largest absolute Gasteiger partial charge is 0.317 e. The fourth-order valence-corrected chi connectivity index (χ4v) is 4.29. The predicted octanol–water partition coefficient (Wildman–Crippen LogP) is 2.09. The summed E-state index contributed by atoms with van der Waals surface area (Å²) in [7, 11) is 1.43. The van der Waals surface area contributed by atoms with Crippen molar-refractivity contribution in [2.75, 3.05) is 25.5 Å². The highest BCUT2D eigenvalue weighted by atomic mass is 32.1. The summed E-state index contributed by atoms with van der Waals surface area (Å²) in [4.78, 5) is 43.0. The molecule has 0 radical (unpaired) electrons. The molecule has 0 unspecified atom stereocenters. The number of imide groups is 1. The van der Waals surface area contributed by atoms with E-state index in [1.54, 1.807) is 6.07 Å². The van der Waals surface area contributed by atoms with E-state index in [4.69, 9.17) is 0 Å². The summed E-state index contributed by atoms with van der Waals surface area (Å²) in [6, 6.07) is 4.55. The van der Waals surface area contributed by atoms with Crippen molar-refractivity contribution < 1.29 is 14.4 Å². The van der Waals surface area contributed by atoms with Gasteiger partial charge in [0.25, 0.3) is 17.7 Å². The molecule has 1 aromatic heterocycles. The van der Waals surface area contributed by atoms with E-state index in [1.165, 1.54) is 35.4 Å². The van der Waals surface area contributed by atoms with Crippen LogP contribution in [0.5, 0.6) is 0 Å². The Balaban J connectivity index is 1.50. The van der Waals surface area contributed by atoms with Crippen molar-refractivity contribution in [1.82, 2.24) is 15.2 Å². The molecule has 1 aromatic carbocycles. The molecule has 2 aliphatic rings. The zero-order valence-electron chi connectivity index (χ0n) is 14.2. The van der Waals surface area contributed by atoms with E-state index >= 15 is 0 Å². The minimum atomic E-state index is -0.387. The number of hydrogen-bond acceptors (Lipinski definition) is 6. The normalized spacial score (nSPS) is 17.5. The van der Waals surface area contributed by atoms with Gasteiger partial charge in [-0.15, -0.1) is 11.3 Å². The number of thiazole rings is 1. The van der Waals surface area contributed by atoms with Gasteiger partial charge in [-0.1, -0.05) is 0 Å². The maximum Gasteiger partial charge on any atom is 0.261 e. The van der Waals surface area contributed by atoms with Crippen molar-refractivity contribution >= 4 is 34.2 Å². The van der Waals surface area contributed by atoms with Crippen molar-refractivity contribution in [3.8, 4) is 0 Å². The molecule has 0 saturated carbocycles. The molecule has 134 valence electrons. The number of amides is 3. The molecule has 2 aliphatic heterocycles. The molecule has 2 aromatic rings. The highest BCUT2D eigenvalue weighted by molar-refractivity contribution is 7.15. The zero-order valence-corrected chi connectivity index (χ0v) is 15.1. The van der Waals surface area contributed by atoms with E-state index in [-0.39, 0.29) is 23.3 Å². The van der Waals surface area contributed by atoms with Crippen LogP contribution in [0.25, 0.3) is 0 Å². The predicted molar refractivity (Wildman–Crippen MR) is 97.8 cm³/mol. The summed E-state index contributed by atoms with van der Waals surface area (Å²) in [5.74, 6) is -0.585. The van der Waals surface area contributed by atoms with Crippen molar-refractivity contribution in [3.63, 3.8) is 0 Å². The number of benzene rings is 1. The number of piperidine rings is 1. The van der Waals surface area contributed by atoms with Gasteiger partial charge in [-0.05, 0) is 50.0 Å². The molecule has 4 rings (SSSR count). The molecule has 2 N–H and O–H groups in total. The van der Waals surface area contributed by atoms with Gasteiger partial charge in [0.1, 0.15) is 0 Å². The van der Waals surface area contributed by atoms with Gasteiger partial charge < -0.3 is 5.32 Å². The number of carbonyl (C=O) groups excluding carboxylic acids is 3. The molecule has 7 nitrogen and oxygen atoms in total. The van der Waals surface area contributed by atoms with Gasteiger partial charge in [-0.3, -0.25) is 24.6 Å². The fourth-order valence-electron chi connectivity index (χ4n) is 3.31. The molecule has 1 fully saturated rings. The third-order valence-corrected chi connectivity index (χ3v) is 5.91. The van der Waals surface area contributed by atoms with Crippen LogP contribution in [0.3, 0.4) is 0 Å². The van der Waals surface area contributed by atoms with Gasteiger partial charge in [0.2, 0.25) is 0 Å². The Bertz CT molecular complexity index is 902. The molecule has 0 atom stereocenters. The zero-order chi connectivity index (χ0) is 18.3. The first-order valence-electron chi connectivity index (χ1n) is 8.49. The number of aromatic nitrogens is 1. The Morgan fingerprint density at radius 3 is 2.73 bits per heavy atom. The third-order valence-electron chi connectivity index (χ3n) is 4.84. The second-order valence-electron chi connectivity index (χ2n) is 6.48. The summed E-state index contributed by atoms with van der Waals surface area (Å²) in [6.07, 6.45) is 3.98. The van der Waals surface area contributed by atoms with E-state index < -0.39 is 0 Å². The Labute approximate surface area is 154 Å². The van der Waals surface area contributed by atoms with E-state index in [0.717, 1.165) is 30.8 Å². The van der Waals surface area contributed by atoms with Crippen LogP contribution in [0.2, 0.25) is 0 Å². The summed E-state index contributed by atoms with van der Waals surface area (Å²) in [6.45, 7) is 2.00. The lowest BCUT2D eigenvalue weighted by Crippen LogP contribution is -2.26. The van der Waals surface area contributed by atoms with Gasteiger partial charge in [-0.2, -0.15) is 0 Å². The second kappa shape index (κ2) is 6.62. The molecule has 3 amide bonds. The summed E-state index contributed by atoms with van der Waals surface area (Å²) in [5, 5.41) is 6.67. The lowest BCUT2D eigenvalue weighted by atomic mass is 9.97. The monoisotopic (exact) mass is 370 g/mol. The van der Waals surface area contributed by atoms with Crippen LogP contribution in [0.15, 0.2) is 24.4 Å². The Morgan fingerprint density at radius 2 is 1.96 bits per heavy atom. The SMILES string of the molecule is CN1C(=O)c2ccc(C(=O)Nc3ncc(C4CCNCC4)s3)cc2C1=O. The highest BCUT2D eigenvalue weighted by Gasteiger charge is 2.33. The molecule has 1 saturated heterocycles. The van der Waals surface area contributed by atoms with Crippen molar-refractivity contribution in [3.05, 3.63) is 46.0 Å². The molecule has 3 heterocycles. The van der Waals surface area contributed by atoms with Crippen LogP contribution in [0.4, 0.5) is 5.13 Å². The Hall–Kier alpha value is -2.58. The van der Waals surface area contributed by atoms with Gasteiger partial charge in [-0.25, -0.2) is 4.98 Å². The highest BCUT2D eigenvalue weighted by Crippen LogP contribution is 2.32. The number of fused-ring (bicyclic) bond motifs is 1. The van der Waals surface area contributed by atoms with Crippen LogP contribution in [-0.4, -0.2) is 47.7 Å². The minimum absolute atomic E-state index is 0.264. The van der Waals surface area contributed by atoms with Crippen LogP contribution in [0.1, 0.15) is 54.7 Å². The number of anilines is 1. The maximum atomic E-state index is 12.5. The van der Waals surface area contributed by atoms with E-state index in [0.29, 0.717) is 22.2 Å². The molecule has 0 spiro atoms. The lowest BCUT2D eigenvalue weighted by molar-refractivity contribution is 0.0693. The maximum absolute atomic E-state index is 12.5. The Morgan fingerprint density at radius 1 is 1.23 bits per heavy atom. The molecule has 26 heavy (non-hydrogen) atoms. The number of carbonyl (C=O) groups is 3. The van der Waals surface area contributed by atoms with Gasteiger partial charge in [0.05, 0.1) is 11.1 Å². The molecular formula is C18H18N4O3S. The quantitative estimate of drug-likeness (QED) is 0.808. The average molecular weight is 370 g/mol. The average Bonchev–Trinajstić information content (AvgIpc) is 3.22. The van der Waals surface area contributed by atoms with Gasteiger partial charge in [0.15, 0.2) is 5.13 Å². The van der Waals surface area contributed by atoms with E-state index in [1.807, 2.05) is 6.20 Å². The first-order valence-corrected chi connectivity index (χ1v) is 9.30. The van der Waals surface area contributed by atoms with Crippen molar-refractivity contribution in [2.24, 2.45) is 0 Å². The van der Waals surface area contributed by atoms with Gasteiger partial charge >= 0.3 is 0 Å². The fraction of sp³-hybridized carbons (Fsp3) is 0.333. The van der Waals surface area contributed by atoms with Crippen LogP contribution < -0.4 is 10.6 Å². The number of nitrogens with one attached hydrogen (secondary N) is 2. The lowest BCUT2D eigenvalue weighted by Gasteiger charge is -2.20. The van der Waals surface area contributed by atoms with Crippen LogP contribution in [0, 0.1) is 0 Å². The molecule has 0 bridgehead atoms. The molecule has 8 heteroatoms. The number of hydrogen-bond donors (Lipinski definition) is 2. The van der Waals surface area contributed by atoms with Crippen LogP contribution in [-0.2, 0) is 0 Å². The van der Waals surface area contributed by atoms with Crippen LogP contribution >= 0.6 is 11.3 Å². The van der Waals surface area contributed by atoms with Crippen molar-refractivity contribution in [1.29, 1.82) is 0 Å². The third kappa shape index (κ3) is 2.91. The molecule has 0 aliphatic carbocycles. The summed E-state index contributed by atoms with van der Waals surface area (Å²) >= 11 is 1.49. The summed E-state index contributed by atoms with van der Waals surface area (Å²) in [5.41, 5.74) is 0.926. The number of nitrogens with zero attached hydrogens (tertiary/aromatic N) is 2. The minimum Gasteiger partial charge on any atom is -0.317 e. The topological polar surface area (TPSA) is 91.4 Å². The van der Waals surface area contributed by atoms with E-state index in [2.05, 4.69) is 15.6 Å². The standard InChI is InChI=1S/C18H18N4O3S/c1-22-16(24)12-3-2-11(8-13(12)17(22)25)15(23)21-18-20-9-14(26-18)10-4-6-19-7-5-10/h2-3,8-10,19H,4-7H2,1H3,(H,20,21,23). The van der Waals surface area contributed by atoms with Crippen molar-refractivity contribution in [2.45, 2.75) is 18.8 Å². The second-order valence-corrected chi connectivity index (χ2v) is 7.54. The summed E-state index contributed by atoms with van der Waals surface area (Å²) < 4.78 is 0. The van der Waals surface area contributed by atoms with Gasteiger partial charge in [0, 0.05) is 23.7 Å². The smallest absolute Gasteiger partial charge is 0.261 e.